The monoisotopic (exact) mass is 309 g/mol. The smallest absolute Gasteiger partial charge is 0.314 e. The Balaban J connectivity index is 1.74. The van der Waals surface area contributed by atoms with Crippen molar-refractivity contribution in [3.63, 3.8) is 0 Å². The van der Waals surface area contributed by atoms with Crippen molar-refractivity contribution in [2.45, 2.75) is 13.5 Å². The number of rotatable bonds is 3. The molecule has 2 aromatic heterocycles. The van der Waals surface area contributed by atoms with Gasteiger partial charge >= 0.3 is 11.8 Å². The summed E-state index contributed by atoms with van der Waals surface area (Å²) in [6.07, 6.45) is 4.79. The van der Waals surface area contributed by atoms with E-state index in [1.165, 1.54) is 6.20 Å². The van der Waals surface area contributed by atoms with Crippen molar-refractivity contribution in [2.24, 2.45) is 0 Å². The molecule has 0 aliphatic carbocycles. The quantitative estimate of drug-likeness (QED) is 0.724. The molecule has 0 unspecified atom stereocenters. The fourth-order valence-corrected chi connectivity index (χ4v) is 2.17. The van der Waals surface area contributed by atoms with E-state index in [0.717, 1.165) is 5.39 Å². The Morgan fingerprint density at radius 2 is 1.91 bits per heavy atom. The average Bonchev–Trinajstić information content (AvgIpc) is 3.02. The molecule has 23 heavy (non-hydrogen) atoms. The number of carbonyl (C=O) groups excluding carboxylic acids is 2. The second kappa shape index (κ2) is 6.27. The fourth-order valence-electron chi connectivity index (χ4n) is 2.17. The summed E-state index contributed by atoms with van der Waals surface area (Å²) in [5.41, 5.74) is 1.60. The first-order valence-electron chi connectivity index (χ1n) is 7.16. The van der Waals surface area contributed by atoms with Crippen LogP contribution >= 0.6 is 0 Å². The lowest BCUT2D eigenvalue weighted by atomic mass is 10.2. The van der Waals surface area contributed by atoms with Crippen molar-refractivity contribution in [1.82, 2.24) is 14.8 Å². The zero-order valence-corrected chi connectivity index (χ0v) is 12.5. The number of para-hydroxylation sites is 1. The summed E-state index contributed by atoms with van der Waals surface area (Å²) in [7, 11) is 0. The minimum absolute atomic E-state index is 0.475. The molecular formula is C16H15N5O2. The van der Waals surface area contributed by atoms with Crippen molar-refractivity contribution >= 4 is 34.1 Å². The van der Waals surface area contributed by atoms with Crippen LogP contribution in [-0.4, -0.2) is 26.6 Å². The van der Waals surface area contributed by atoms with Gasteiger partial charge in [-0.2, -0.15) is 5.10 Å². The Morgan fingerprint density at radius 3 is 2.70 bits per heavy atom. The lowest BCUT2D eigenvalue weighted by Gasteiger charge is -2.07. The van der Waals surface area contributed by atoms with E-state index in [1.807, 2.05) is 25.1 Å². The lowest BCUT2D eigenvalue weighted by Crippen LogP contribution is -2.29. The SMILES string of the molecule is CCn1cc(NC(=O)C(=O)Nc2cccc3cccnc23)cn1. The highest BCUT2D eigenvalue weighted by molar-refractivity contribution is 6.44. The fraction of sp³-hybridized carbons (Fsp3) is 0.125. The van der Waals surface area contributed by atoms with E-state index in [1.54, 1.807) is 29.2 Å². The van der Waals surface area contributed by atoms with E-state index >= 15 is 0 Å². The predicted molar refractivity (Wildman–Crippen MR) is 86.9 cm³/mol. The molecule has 0 spiro atoms. The van der Waals surface area contributed by atoms with Gasteiger partial charge in [0.15, 0.2) is 0 Å². The second-order valence-corrected chi connectivity index (χ2v) is 4.87. The summed E-state index contributed by atoms with van der Waals surface area (Å²) in [6.45, 7) is 2.61. The van der Waals surface area contributed by atoms with Crippen molar-refractivity contribution < 1.29 is 9.59 Å². The van der Waals surface area contributed by atoms with Crippen molar-refractivity contribution in [3.8, 4) is 0 Å². The summed E-state index contributed by atoms with van der Waals surface area (Å²) in [4.78, 5) is 28.3. The van der Waals surface area contributed by atoms with Gasteiger partial charge in [0.2, 0.25) is 0 Å². The van der Waals surface area contributed by atoms with E-state index in [2.05, 4.69) is 20.7 Å². The van der Waals surface area contributed by atoms with Crippen LogP contribution in [0.4, 0.5) is 11.4 Å². The van der Waals surface area contributed by atoms with E-state index < -0.39 is 11.8 Å². The first-order valence-corrected chi connectivity index (χ1v) is 7.16. The number of amides is 2. The number of hydrogen-bond acceptors (Lipinski definition) is 4. The first kappa shape index (κ1) is 14.7. The summed E-state index contributed by atoms with van der Waals surface area (Å²) in [6, 6.07) is 9.08. The van der Waals surface area contributed by atoms with Crippen LogP contribution in [-0.2, 0) is 16.1 Å². The number of anilines is 2. The Morgan fingerprint density at radius 1 is 1.13 bits per heavy atom. The minimum atomic E-state index is -0.757. The molecule has 7 nitrogen and oxygen atoms in total. The lowest BCUT2D eigenvalue weighted by molar-refractivity contribution is -0.132. The number of pyridine rings is 1. The molecule has 116 valence electrons. The topological polar surface area (TPSA) is 88.9 Å². The Hall–Kier alpha value is -3.22. The van der Waals surface area contributed by atoms with Gasteiger partial charge in [0.05, 0.1) is 23.1 Å². The highest BCUT2D eigenvalue weighted by Gasteiger charge is 2.16. The van der Waals surface area contributed by atoms with Gasteiger partial charge < -0.3 is 10.6 Å². The normalized spacial score (nSPS) is 10.5. The summed E-state index contributed by atoms with van der Waals surface area (Å²) in [5, 5.41) is 10.0. The molecule has 0 atom stereocenters. The Bertz CT molecular complexity index is 866. The molecule has 0 aliphatic rings. The van der Waals surface area contributed by atoms with Gasteiger partial charge in [-0.05, 0) is 19.1 Å². The van der Waals surface area contributed by atoms with E-state index in [4.69, 9.17) is 0 Å². The van der Waals surface area contributed by atoms with Crippen LogP contribution in [0.1, 0.15) is 6.92 Å². The molecule has 2 N–H and O–H groups in total. The van der Waals surface area contributed by atoms with Crippen molar-refractivity contribution in [2.75, 3.05) is 10.6 Å². The number of fused-ring (bicyclic) bond motifs is 1. The number of nitrogens with zero attached hydrogens (tertiary/aromatic N) is 3. The maximum absolute atomic E-state index is 12.1. The number of benzene rings is 1. The highest BCUT2D eigenvalue weighted by Crippen LogP contribution is 2.20. The Labute approximate surface area is 132 Å². The van der Waals surface area contributed by atoms with Crippen LogP contribution in [0.15, 0.2) is 48.9 Å². The van der Waals surface area contributed by atoms with Crippen LogP contribution < -0.4 is 10.6 Å². The highest BCUT2D eigenvalue weighted by atomic mass is 16.2. The van der Waals surface area contributed by atoms with E-state index in [9.17, 15) is 9.59 Å². The third-order valence-electron chi connectivity index (χ3n) is 3.30. The molecule has 0 fully saturated rings. The molecule has 1 aromatic carbocycles. The molecule has 0 saturated carbocycles. The molecule has 0 aliphatic heterocycles. The number of nitrogens with one attached hydrogen (secondary N) is 2. The largest absolute Gasteiger partial charge is 0.316 e. The molecule has 0 bridgehead atoms. The van der Waals surface area contributed by atoms with Crippen molar-refractivity contribution in [3.05, 3.63) is 48.9 Å². The third-order valence-corrected chi connectivity index (χ3v) is 3.30. The molecule has 2 heterocycles. The maximum Gasteiger partial charge on any atom is 0.314 e. The first-order chi connectivity index (χ1) is 11.2. The van der Waals surface area contributed by atoms with Gasteiger partial charge in [0.1, 0.15) is 0 Å². The molecule has 7 heteroatoms. The summed E-state index contributed by atoms with van der Waals surface area (Å²) >= 11 is 0. The Kier molecular flexibility index (Phi) is 4.01. The molecule has 0 saturated heterocycles. The van der Waals surface area contributed by atoms with E-state index in [0.29, 0.717) is 23.4 Å². The number of aryl methyl sites for hydroxylation is 1. The van der Waals surface area contributed by atoms with Crippen LogP contribution in [0, 0.1) is 0 Å². The maximum atomic E-state index is 12.1. The third kappa shape index (κ3) is 3.18. The molecule has 2 amide bonds. The zero-order valence-electron chi connectivity index (χ0n) is 12.5. The van der Waals surface area contributed by atoms with Gasteiger partial charge in [0, 0.05) is 24.3 Å². The average molecular weight is 309 g/mol. The van der Waals surface area contributed by atoms with Crippen LogP contribution in [0.2, 0.25) is 0 Å². The predicted octanol–water partition coefficient (Wildman–Crippen LogP) is 2.03. The van der Waals surface area contributed by atoms with Gasteiger partial charge in [-0.3, -0.25) is 19.3 Å². The molecular weight excluding hydrogens is 294 g/mol. The minimum Gasteiger partial charge on any atom is -0.316 e. The number of aromatic nitrogens is 3. The zero-order chi connectivity index (χ0) is 16.2. The van der Waals surface area contributed by atoms with Crippen LogP contribution in [0.3, 0.4) is 0 Å². The van der Waals surface area contributed by atoms with E-state index in [-0.39, 0.29) is 0 Å². The van der Waals surface area contributed by atoms with Crippen LogP contribution in [0.5, 0.6) is 0 Å². The molecule has 0 radical (unpaired) electrons. The number of carbonyl (C=O) groups is 2. The summed E-state index contributed by atoms with van der Waals surface area (Å²) in [5.74, 6) is -1.51. The second-order valence-electron chi connectivity index (χ2n) is 4.87. The molecule has 3 aromatic rings. The van der Waals surface area contributed by atoms with Gasteiger partial charge in [-0.1, -0.05) is 18.2 Å². The van der Waals surface area contributed by atoms with Gasteiger partial charge in [-0.25, -0.2) is 0 Å². The summed E-state index contributed by atoms with van der Waals surface area (Å²) < 4.78 is 1.65. The number of hydrogen-bond donors (Lipinski definition) is 2. The molecule has 3 rings (SSSR count). The standard InChI is InChI=1S/C16H15N5O2/c1-2-21-10-12(9-18-21)19-15(22)16(23)20-13-7-3-5-11-6-4-8-17-14(11)13/h3-10H,2H2,1H3,(H,19,22)(H,20,23). The van der Waals surface area contributed by atoms with Crippen molar-refractivity contribution in [1.29, 1.82) is 0 Å². The van der Waals surface area contributed by atoms with Crippen LogP contribution in [0.25, 0.3) is 10.9 Å². The van der Waals surface area contributed by atoms with Gasteiger partial charge in [-0.15, -0.1) is 0 Å². The van der Waals surface area contributed by atoms with Gasteiger partial charge in [0.25, 0.3) is 0 Å².